The molecule has 0 atom stereocenters. The molecule has 0 unspecified atom stereocenters. The summed E-state index contributed by atoms with van der Waals surface area (Å²) in [5, 5.41) is 6.28. The van der Waals surface area contributed by atoms with Gasteiger partial charge in [-0.2, -0.15) is 0 Å². The Kier molecular flexibility index (Phi) is 5.39. The molecule has 6 heteroatoms. The van der Waals surface area contributed by atoms with E-state index >= 15 is 0 Å². The summed E-state index contributed by atoms with van der Waals surface area (Å²) in [5.74, 6) is 0.479. The summed E-state index contributed by atoms with van der Waals surface area (Å²) < 4.78 is 2.23. The highest BCUT2D eigenvalue weighted by molar-refractivity contribution is 6.08. The topological polar surface area (TPSA) is 76.0 Å². The van der Waals surface area contributed by atoms with Crippen molar-refractivity contribution in [3.8, 4) is 11.3 Å². The smallest absolute Gasteiger partial charge is 0.222 e. The van der Waals surface area contributed by atoms with Crippen molar-refractivity contribution in [2.45, 2.75) is 47.1 Å². The average Bonchev–Trinajstić information content (AvgIpc) is 3.00. The van der Waals surface area contributed by atoms with E-state index in [2.05, 4.69) is 41.0 Å². The fourth-order valence-electron chi connectivity index (χ4n) is 4.45. The zero-order valence-corrected chi connectivity index (χ0v) is 18.5. The van der Waals surface area contributed by atoms with Crippen molar-refractivity contribution < 1.29 is 9.59 Å². The summed E-state index contributed by atoms with van der Waals surface area (Å²) in [6.45, 7) is 8.58. The van der Waals surface area contributed by atoms with E-state index in [0.717, 1.165) is 46.9 Å². The van der Waals surface area contributed by atoms with E-state index in [0.29, 0.717) is 12.2 Å². The SMILES string of the molecule is CCn1c2c(c(Nc3ccccc3)c1-c1ccnc(NC(C)=O)c1)C(=O)CC(C)(C)C2. The van der Waals surface area contributed by atoms with Gasteiger partial charge in [0.05, 0.1) is 16.9 Å². The molecule has 3 aromatic rings. The molecule has 31 heavy (non-hydrogen) atoms. The van der Waals surface area contributed by atoms with Crippen LogP contribution in [0.25, 0.3) is 11.3 Å². The number of anilines is 3. The molecule has 4 rings (SSSR count). The molecular weight excluding hydrogens is 388 g/mol. The third kappa shape index (κ3) is 4.10. The quantitative estimate of drug-likeness (QED) is 0.582. The van der Waals surface area contributed by atoms with Gasteiger partial charge in [0, 0.05) is 43.0 Å². The Morgan fingerprint density at radius 2 is 1.90 bits per heavy atom. The van der Waals surface area contributed by atoms with Crippen LogP contribution >= 0.6 is 0 Å². The number of hydrogen-bond acceptors (Lipinski definition) is 4. The third-order valence-electron chi connectivity index (χ3n) is 5.63. The number of para-hydroxylation sites is 1. The molecule has 0 radical (unpaired) electrons. The van der Waals surface area contributed by atoms with Crippen molar-refractivity contribution in [3.63, 3.8) is 0 Å². The van der Waals surface area contributed by atoms with Crippen molar-refractivity contribution in [1.82, 2.24) is 9.55 Å². The standard InChI is InChI=1S/C25H28N4O2/c1-5-29-19-14-25(3,4)15-20(31)22(19)23(28-18-9-7-6-8-10-18)24(29)17-11-12-26-21(13-17)27-16(2)30/h6-13,28H,5,14-15H2,1-4H3,(H,26,27,30). The second-order valence-electron chi connectivity index (χ2n) is 8.83. The highest BCUT2D eigenvalue weighted by Gasteiger charge is 2.37. The van der Waals surface area contributed by atoms with Crippen LogP contribution in [0.5, 0.6) is 0 Å². The van der Waals surface area contributed by atoms with Gasteiger partial charge >= 0.3 is 0 Å². The number of nitrogens with one attached hydrogen (secondary N) is 2. The normalized spacial score (nSPS) is 14.8. The molecule has 1 aliphatic rings. The summed E-state index contributed by atoms with van der Waals surface area (Å²) in [4.78, 5) is 29.1. The first-order valence-electron chi connectivity index (χ1n) is 10.6. The van der Waals surface area contributed by atoms with E-state index in [-0.39, 0.29) is 17.1 Å². The molecule has 2 N–H and O–H groups in total. The van der Waals surface area contributed by atoms with Crippen LogP contribution in [0.3, 0.4) is 0 Å². The summed E-state index contributed by atoms with van der Waals surface area (Å²) >= 11 is 0. The number of hydrogen-bond donors (Lipinski definition) is 2. The van der Waals surface area contributed by atoms with Crippen molar-refractivity contribution in [2.24, 2.45) is 5.41 Å². The largest absolute Gasteiger partial charge is 0.353 e. The number of fused-ring (bicyclic) bond motifs is 1. The summed E-state index contributed by atoms with van der Waals surface area (Å²) in [7, 11) is 0. The molecule has 0 fully saturated rings. The molecule has 160 valence electrons. The van der Waals surface area contributed by atoms with Gasteiger partial charge in [-0.25, -0.2) is 4.98 Å². The Balaban J connectivity index is 1.95. The van der Waals surface area contributed by atoms with E-state index in [9.17, 15) is 9.59 Å². The van der Waals surface area contributed by atoms with E-state index < -0.39 is 0 Å². The number of Topliss-reactive ketones (excluding diaryl/α,β-unsaturated/α-hetero) is 1. The maximum absolute atomic E-state index is 13.3. The Hall–Kier alpha value is -3.41. The van der Waals surface area contributed by atoms with Crippen molar-refractivity contribution in [2.75, 3.05) is 10.6 Å². The van der Waals surface area contributed by atoms with Gasteiger partial charge in [-0.1, -0.05) is 32.0 Å². The molecule has 0 bridgehead atoms. The number of ketones is 1. The highest BCUT2D eigenvalue weighted by Crippen LogP contribution is 2.45. The number of carbonyl (C=O) groups excluding carboxylic acids is 2. The lowest BCUT2D eigenvalue weighted by atomic mass is 9.76. The van der Waals surface area contributed by atoms with Gasteiger partial charge in [0.25, 0.3) is 0 Å². The van der Waals surface area contributed by atoms with Crippen LogP contribution in [0.15, 0.2) is 48.7 Å². The van der Waals surface area contributed by atoms with E-state index in [1.165, 1.54) is 6.92 Å². The number of carbonyl (C=O) groups is 2. The molecule has 0 saturated carbocycles. The molecular formula is C25H28N4O2. The van der Waals surface area contributed by atoms with Gasteiger partial charge in [0.1, 0.15) is 5.82 Å². The lowest BCUT2D eigenvalue weighted by Crippen LogP contribution is -2.28. The summed E-state index contributed by atoms with van der Waals surface area (Å²) in [6.07, 6.45) is 3.03. The second-order valence-corrected chi connectivity index (χ2v) is 8.83. The van der Waals surface area contributed by atoms with Gasteiger partial charge in [-0.05, 0) is 43.0 Å². The fraction of sp³-hybridized carbons (Fsp3) is 0.320. The molecule has 6 nitrogen and oxygen atoms in total. The first-order chi connectivity index (χ1) is 14.8. The monoisotopic (exact) mass is 416 g/mol. The van der Waals surface area contributed by atoms with Crippen LogP contribution in [0.1, 0.15) is 50.2 Å². The van der Waals surface area contributed by atoms with Crippen LogP contribution in [0, 0.1) is 5.41 Å². The maximum Gasteiger partial charge on any atom is 0.222 e. The minimum Gasteiger partial charge on any atom is -0.353 e. The number of rotatable bonds is 5. The van der Waals surface area contributed by atoms with Gasteiger partial charge < -0.3 is 15.2 Å². The minimum atomic E-state index is -0.172. The minimum absolute atomic E-state index is 0.0871. The van der Waals surface area contributed by atoms with Crippen molar-refractivity contribution in [3.05, 3.63) is 59.9 Å². The van der Waals surface area contributed by atoms with Crippen molar-refractivity contribution in [1.29, 1.82) is 0 Å². The molecule has 1 amide bonds. The Bertz CT molecular complexity index is 1150. The zero-order chi connectivity index (χ0) is 22.2. The Labute approximate surface area is 182 Å². The fourth-order valence-corrected chi connectivity index (χ4v) is 4.45. The van der Waals surface area contributed by atoms with Gasteiger partial charge in [-0.15, -0.1) is 0 Å². The number of pyridine rings is 1. The Morgan fingerprint density at radius 3 is 2.58 bits per heavy atom. The predicted molar refractivity (Wildman–Crippen MR) is 124 cm³/mol. The summed E-state index contributed by atoms with van der Waals surface area (Å²) in [5.41, 5.74) is 5.34. The number of amides is 1. The molecule has 0 spiro atoms. The highest BCUT2D eigenvalue weighted by atomic mass is 16.1. The van der Waals surface area contributed by atoms with Gasteiger partial charge in [0.15, 0.2) is 5.78 Å². The maximum atomic E-state index is 13.3. The molecule has 2 heterocycles. The van der Waals surface area contributed by atoms with Gasteiger partial charge in [-0.3, -0.25) is 9.59 Å². The predicted octanol–water partition coefficient (Wildman–Crippen LogP) is 5.43. The van der Waals surface area contributed by atoms with Crippen LogP contribution in [0.2, 0.25) is 0 Å². The van der Waals surface area contributed by atoms with Crippen LogP contribution in [0.4, 0.5) is 17.2 Å². The molecule has 1 aromatic carbocycles. The number of nitrogens with zero attached hydrogens (tertiary/aromatic N) is 2. The number of benzene rings is 1. The average molecular weight is 417 g/mol. The van der Waals surface area contributed by atoms with Crippen LogP contribution in [-0.4, -0.2) is 21.2 Å². The van der Waals surface area contributed by atoms with E-state index in [4.69, 9.17) is 0 Å². The second kappa shape index (κ2) is 8.02. The lowest BCUT2D eigenvalue weighted by Gasteiger charge is -2.29. The van der Waals surface area contributed by atoms with E-state index in [1.807, 2.05) is 42.5 Å². The van der Waals surface area contributed by atoms with Crippen molar-refractivity contribution >= 4 is 28.9 Å². The Morgan fingerprint density at radius 1 is 1.16 bits per heavy atom. The van der Waals surface area contributed by atoms with Crippen LogP contribution < -0.4 is 10.6 Å². The lowest BCUT2D eigenvalue weighted by molar-refractivity contribution is -0.114. The first-order valence-corrected chi connectivity index (χ1v) is 10.6. The molecule has 0 saturated heterocycles. The third-order valence-corrected chi connectivity index (χ3v) is 5.63. The van der Waals surface area contributed by atoms with Crippen LogP contribution in [-0.2, 0) is 17.8 Å². The summed E-state index contributed by atoms with van der Waals surface area (Å²) in [6, 6.07) is 13.7. The first kappa shape index (κ1) is 20.8. The van der Waals surface area contributed by atoms with E-state index in [1.54, 1.807) is 6.20 Å². The molecule has 2 aromatic heterocycles. The molecule has 0 aliphatic heterocycles. The number of aromatic nitrogens is 2. The molecule has 1 aliphatic carbocycles. The van der Waals surface area contributed by atoms with Gasteiger partial charge in [0.2, 0.25) is 5.91 Å². The zero-order valence-electron chi connectivity index (χ0n) is 18.5.